The van der Waals surface area contributed by atoms with E-state index in [9.17, 15) is 0 Å². The number of ether oxygens (including phenoxy) is 2. The first-order valence-corrected chi connectivity index (χ1v) is 6.08. The minimum absolute atomic E-state index is 0.0130. The van der Waals surface area contributed by atoms with Crippen LogP contribution in [-0.4, -0.2) is 34.6 Å². The molecule has 0 aliphatic heterocycles. The number of nitrogens with zero attached hydrogens (tertiary/aromatic N) is 2. The van der Waals surface area contributed by atoms with Crippen molar-refractivity contribution in [2.75, 3.05) is 6.61 Å². The standard InChI is InChI=1S/C12H21N3O2/c1-5-16-12-9(13)6-10(12)17-11-7(2)14-15(4)8(11)3/h9-10,12H,5-6,13H2,1-4H3. The van der Waals surface area contributed by atoms with Gasteiger partial charge >= 0.3 is 0 Å². The molecular weight excluding hydrogens is 218 g/mol. The van der Waals surface area contributed by atoms with Gasteiger partial charge in [0.25, 0.3) is 0 Å². The zero-order chi connectivity index (χ0) is 12.6. The molecule has 3 atom stereocenters. The van der Waals surface area contributed by atoms with Gasteiger partial charge in [0.05, 0.1) is 5.69 Å². The van der Waals surface area contributed by atoms with Crippen molar-refractivity contribution in [2.45, 2.75) is 45.4 Å². The van der Waals surface area contributed by atoms with Crippen LogP contribution in [0.15, 0.2) is 0 Å². The van der Waals surface area contributed by atoms with Crippen LogP contribution < -0.4 is 10.5 Å². The van der Waals surface area contributed by atoms with Gasteiger partial charge in [-0.25, -0.2) is 0 Å². The fourth-order valence-electron chi connectivity index (χ4n) is 2.23. The molecule has 1 aliphatic rings. The first-order valence-electron chi connectivity index (χ1n) is 6.08. The molecule has 1 saturated carbocycles. The summed E-state index contributed by atoms with van der Waals surface area (Å²) < 4.78 is 13.4. The van der Waals surface area contributed by atoms with Gasteiger partial charge < -0.3 is 15.2 Å². The van der Waals surface area contributed by atoms with Crippen LogP contribution in [0.3, 0.4) is 0 Å². The molecule has 5 heteroatoms. The van der Waals surface area contributed by atoms with Crippen LogP contribution in [0, 0.1) is 13.8 Å². The third-order valence-corrected chi connectivity index (χ3v) is 3.36. The van der Waals surface area contributed by atoms with Crippen molar-refractivity contribution in [3.63, 3.8) is 0 Å². The molecule has 0 radical (unpaired) electrons. The molecule has 96 valence electrons. The minimum atomic E-state index is 0.0130. The van der Waals surface area contributed by atoms with E-state index >= 15 is 0 Å². The number of nitrogens with two attached hydrogens (primary N) is 1. The number of aromatic nitrogens is 2. The first kappa shape index (κ1) is 12.4. The molecule has 0 bridgehead atoms. The van der Waals surface area contributed by atoms with Crippen molar-refractivity contribution in [3.05, 3.63) is 11.4 Å². The Morgan fingerprint density at radius 3 is 2.65 bits per heavy atom. The normalized spacial score (nSPS) is 27.9. The van der Waals surface area contributed by atoms with Crippen LogP contribution >= 0.6 is 0 Å². The number of hydrogen-bond acceptors (Lipinski definition) is 4. The first-order chi connectivity index (χ1) is 8.04. The summed E-state index contributed by atoms with van der Waals surface area (Å²) in [5, 5.41) is 4.33. The molecule has 0 spiro atoms. The second-order valence-electron chi connectivity index (χ2n) is 4.60. The maximum atomic E-state index is 5.98. The Balaban J connectivity index is 2.06. The van der Waals surface area contributed by atoms with Gasteiger partial charge in [0.1, 0.15) is 17.9 Å². The number of rotatable bonds is 4. The van der Waals surface area contributed by atoms with Crippen molar-refractivity contribution in [1.29, 1.82) is 0 Å². The maximum Gasteiger partial charge on any atom is 0.163 e. The summed E-state index contributed by atoms with van der Waals surface area (Å²) in [5.41, 5.74) is 7.87. The van der Waals surface area contributed by atoms with Crippen molar-refractivity contribution >= 4 is 0 Å². The Hall–Kier alpha value is -1.07. The summed E-state index contributed by atoms with van der Waals surface area (Å²) in [6, 6.07) is 0.0947. The monoisotopic (exact) mass is 239 g/mol. The van der Waals surface area contributed by atoms with Crippen molar-refractivity contribution < 1.29 is 9.47 Å². The molecule has 0 saturated heterocycles. The largest absolute Gasteiger partial charge is 0.484 e. The summed E-state index contributed by atoms with van der Waals surface area (Å²) >= 11 is 0. The van der Waals surface area contributed by atoms with Crippen molar-refractivity contribution in [3.8, 4) is 5.75 Å². The Morgan fingerprint density at radius 1 is 1.47 bits per heavy atom. The topological polar surface area (TPSA) is 62.3 Å². The summed E-state index contributed by atoms with van der Waals surface area (Å²) in [5.74, 6) is 0.870. The molecule has 2 rings (SSSR count). The van der Waals surface area contributed by atoms with Crippen LogP contribution in [-0.2, 0) is 11.8 Å². The van der Waals surface area contributed by atoms with E-state index in [0.717, 1.165) is 23.6 Å². The van der Waals surface area contributed by atoms with Gasteiger partial charge in [-0.15, -0.1) is 0 Å². The van der Waals surface area contributed by atoms with Gasteiger partial charge in [0.15, 0.2) is 5.75 Å². The van der Waals surface area contributed by atoms with E-state index in [2.05, 4.69) is 5.10 Å². The van der Waals surface area contributed by atoms with Crippen LogP contribution in [0.4, 0.5) is 0 Å². The van der Waals surface area contributed by atoms with Crippen molar-refractivity contribution in [1.82, 2.24) is 9.78 Å². The lowest BCUT2D eigenvalue weighted by Crippen LogP contribution is -2.59. The Morgan fingerprint density at radius 2 is 2.18 bits per heavy atom. The van der Waals surface area contributed by atoms with Crippen LogP contribution in [0.2, 0.25) is 0 Å². The SMILES string of the molecule is CCOC1C(N)CC1Oc1c(C)nn(C)c1C. The Kier molecular flexibility index (Phi) is 3.40. The molecule has 5 nitrogen and oxygen atoms in total. The molecule has 1 fully saturated rings. The maximum absolute atomic E-state index is 5.98. The Bertz CT molecular complexity index is 403. The lowest BCUT2D eigenvalue weighted by Gasteiger charge is -2.41. The van der Waals surface area contributed by atoms with Gasteiger partial charge in [-0.1, -0.05) is 0 Å². The van der Waals surface area contributed by atoms with Gasteiger partial charge in [0, 0.05) is 26.1 Å². The summed E-state index contributed by atoms with van der Waals surface area (Å²) in [6.07, 6.45) is 0.920. The Labute approximate surface area is 102 Å². The van der Waals surface area contributed by atoms with Crippen molar-refractivity contribution in [2.24, 2.45) is 12.8 Å². The van der Waals surface area contributed by atoms with E-state index in [1.807, 2.05) is 32.5 Å². The molecule has 0 amide bonds. The van der Waals surface area contributed by atoms with Gasteiger partial charge in [-0.05, 0) is 20.8 Å². The fraction of sp³-hybridized carbons (Fsp3) is 0.750. The van der Waals surface area contributed by atoms with Crippen LogP contribution in [0.25, 0.3) is 0 Å². The second-order valence-corrected chi connectivity index (χ2v) is 4.60. The van der Waals surface area contributed by atoms with Gasteiger partial charge in [-0.3, -0.25) is 4.68 Å². The summed E-state index contributed by atoms with van der Waals surface area (Å²) in [7, 11) is 1.92. The van der Waals surface area contributed by atoms with E-state index in [-0.39, 0.29) is 18.2 Å². The third kappa shape index (κ3) is 2.17. The fourth-order valence-corrected chi connectivity index (χ4v) is 2.23. The highest BCUT2D eigenvalue weighted by atomic mass is 16.5. The van der Waals surface area contributed by atoms with E-state index in [1.165, 1.54) is 0 Å². The highest BCUT2D eigenvalue weighted by Crippen LogP contribution is 2.31. The molecule has 1 aromatic heterocycles. The van der Waals surface area contributed by atoms with Crippen LogP contribution in [0.5, 0.6) is 5.75 Å². The van der Waals surface area contributed by atoms with Crippen LogP contribution in [0.1, 0.15) is 24.7 Å². The van der Waals surface area contributed by atoms with Gasteiger partial charge in [-0.2, -0.15) is 5.10 Å². The highest BCUT2D eigenvalue weighted by Gasteiger charge is 2.42. The predicted octanol–water partition coefficient (Wildman–Crippen LogP) is 0.920. The minimum Gasteiger partial charge on any atom is -0.484 e. The molecule has 3 unspecified atom stereocenters. The summed E-state index contributed by atoms with van der Waals surface area (Å²) in [4.78, 5) is 0. The molecule has 0 aromatic carbocycles. The molecular formula is C12H21N3O2. The highest BCUT2D eigenvalue weighted by molar-refractivity contribution is 5.32. The van der Waals surface area contributed by atoms with E-state index in [0.29, 0.717) is 6.61 Å². The van der Waals surface area contributed by atoms with Gasteiger partial charge in [0.2, 0.25) is 0 Å². The molecule has 1 aliphatic carbocycles. The van der Waals surface area contributed by atoms with E-state index < -0.39 is 0 Å². The third-order valence-electron chi connectivity index (χ3n) is 3.36. The zero-order valence-corrected chi connectivity index (χ0v) is 10.9. The molecule has 1 heterocycles. The van der Waals surface area contributed by atoms with E-state index in [4.69, 9.17) is 15.2 Å². The molecule has 17 heavy (non-hydrogen) atoms. The summed E-state index contributed by atoms with van der Waals surface area (Å²) in [6.45, 7) is 6.60. The molecule has 1 aromatic rings. The second kappa shape index (κ2) is 4.66. The predicted molar refractivity (Wildman–Crippen MR) is 65.1 cm³/mol. The lowest BCUT2D eigenvalue weighted by molar-refractivity contribution is -0.0949. The number of hydrogen-bond donors (Lipinski definition) is 1. The van der Waals surface area contributed by atoms with E-state index in [1.54, 1.807) is 0 Å². The number of aryl methyl sites for hydroxylation is 2. The molecule has 2 N–H and O–H groups in total. The quantitative estimate of drug-likeness (QED) is 0.848. The average Bonchev–Trinajstić information content (AvgIpc) is 2.52. The zero-order valence-electron chi connectivity index (χ0n) is 10.9. The lowest BCUT2D eigenvalue weighted by atomic mass is 9.86. The smallest absolute Gasteiger partial charge is 0.163 e. The average molecular weight is 239 g/mol.